The summed E-state index contributed by atoms with van der Waals surface area (Å²) in [6, 6.07) is 8.21. The number of nitrogens with zero attached hydrogens (tertiary/aromatic N) is 2. The van der Waals surface area contributed by atoms with Crippen molar-refractivity contribution in [2.24, 2.45) is 0 Å². The van der Waals surface area contributed by atoms with E-state index in [1.807, 2.05) is 26.8 Å². The van der Waals surface area contributed by atoms with E-state index in [1.165, 1.54) is 4.90 Å². The molecule has 1 aliphatic rings. The van der Waals surface area contributed by atoms with Gasteiger partial charge in [0.05, 0.1) is 13.1 Å². The van der Waals surface area contributed by atoms with Gasteiger partial charge in [-0.1, -0.05) is 37.3 Å². The van der Waals surface area contributed by atoms with E-state index in [9.17, 15) is 19.2 Å². The molecule has 0 aromatic heterocycles. The third-order valence-electron chi connectivity index (χ3n) is 4.47. The minimum atomic E-state index is -1.22. The summed E-state index contributed by atoms with van der Waals surface area (Å²) < 4.78 is 0. The molecule has 158 valence electrons. The molecule has 0 bridgehead atoms. The molecule has 1 atom stereocenters. The minimum absolute atomic E-state index is 0.00768. The number of amides is 5. The summed E-state index contributed by atoms with van der Waals surface area (Å²) >= 11 is 0. The molecule has 29 heavy (non-hydrogen) atoms. The molecule has 2 rings (SSSR count). The van der Waals surface area contributed by atoms with Crippen molar-refractivity contribution >= 4 is 23.8 Å². The lowest BCUT2D eigenvalue weighted by atomic mass is 9.87. The molecule has 0 unspecified atom stereocenters. The van der Waals surface area contributed by atoms with Crippen molar-refractivity contribution in [3.05, 3.63) is 35.9 Å². The van der Waals surface area contributed by atoms with E-state index in [4.69, 9.17) is 0 Å². The maximum atomic E-state index is 13.0. The van der Waals surface area contributed by atoms with Crippen LogP contribution in [0.3, 0.4) is 0 Å². The quantitative estimate of drug-likeness (QED) is 0.581. The number of urea groups is 1. The molecule has 1 heterocycles. The average molecular weight is 403 g/mol. The number of benzene rings is 1. The van der Waals surface area contributed by atoms with E-state index in [0.29, 0.717) is 17.0 Å². The summed E-state index contributed by atoms with van der Waals surface area (Å²) in [5.74, 6) is -1.34. The van der Waals surface area contributed by atoms with Gasteiger partial charge in [0, 0.05) is 5.54 Å². The molecule has 1 aromatic carbocycles. The van der Waals surface area contributed by atoms with Gasteiger partial charge >= 0.3 is 6.03 Å². The summed E-state index contributed by atoms with van der Waals surface area (Å²) in [5.41, 5.74) is 1.40. The first-order chi connectivity index (χ1) is 13.5. The molecule has 3 N–H and O–H groups in total. The molecule has 1 aliphatic heterocycles. The van der Waals surface area contributed by atoms with Crippen molar-refractivity contribution in [1.82, 2.24) is 26.0 Å². The third-order valence-corrected chi connectivity index (χ3v) is 4.47. The van der Waals surface area contributed by atoms with E-state index < -0.39 is 23.4 Å². The zero-order chi connectivity index (χ0) is 21.8. The smallest absolute Gasteiger partial charge is 0.344 e. The summed E-state index contributed by atoms with van der Waals surface area (Å²) in [5, 5.41) is 6.21. The topological polar surface area (TPSA) is 111 Å². The summed E-state index contributed by atoms with van der Waals surface area (Å²) in [4.78, 5) is 51.2. The number of nitrogens with one attached hydrogen (secondary N) is 3. The van der Waals surface area contributed by atoms with Gasteiger partial charge in [-0.25, -0.2) is 4.79 Å². The zero-order valence-electron chi connectivity index (χ0n) is 17.5. The molecule has 0 spiro atoms. The van der Waals surface area contributed by atoms with Crippen molar-refractivity contribution in [2.75, 3.05) is 20.1 Å². The second-order valence-electron chi connectivity index (χ2n) is 8.20. The van der Waals surface area contributed by atoms with Gasteiger partial charge in [-0.2, -0.15) is 5.01 Å². The number of likely N-dealkylation sites (N-methyl/N-ethyl adjacent to an activating group) is 1. The first kappa shape index (κ1) is 22.4. The summed E-state index contributed by atoms with van der Waals surface area (Å²) in [6.07, 6.45) is 0.334. The van der Waals surface area contributed by atoms with Crippen LogP contribution in [-0.2, 0) is 19.9 Å². The Hall–Kier alpha value is -2.94. The van der Waals surface area contributed by atoms with Crippen LogP contribution in [0.5, 0.6) is 0 Å². The van der Waals surface area contributed by atoms with Crippen molar-refractivity contribution in [2.45, 2.75) is 45.2 Å². The third kappa shape index (κ3) is 5.32. The summed E-state index contributed by atoms with van der Waals surface area (Å²) in [6.45, 7) is 7.23. The van der Waals surface area contributed by atoms with Crippen LogP contribution in [0, 0.1) is 0 Å². The molecule has 0 saturated carbocycles. The second-order valence-corrected chi connectivity index (χ2v) is 8.20. The highest BCUT2D eigenvalue weighted by molar-refractivity contribution is 6.08. The minimum Gasteiger partial charge on any atom is -0.350 e. The highest BCUT2D eigenvalue weighted by atomic mass is 16.2. The van der Waals surface area contributed by atoms with Crippen LogP contribution in [0.2, 0.25) is 0 Å². The van der Waals surface area contributed by atoms with Gasteiger partial charge in [0.15, 0.2) is 0 Å². The van der Waals surface area contributed by atoms with E-state index in [-0.39, 0.29) is 24.5 Å². The van der Waals surface area contributed by atoms with E-state index in [1.54, 1.807) is 38.2 Å². The van der Waals surface area contributed by atoms with Gasteiger partial charge < -0.3 is 10.6 Å². The monoisotopic (exact) mass is 403 g/mol. The maximum absolute atomic E-state index is 13.0. The standard InChI is InChI=1S/C20H29N5O4/c1-6-20(14-10-8-7-9-11-14)17(28)25(18(29)22-20)23-16(27)13-24(5)12-15(26)21-19(2,3)4/h7-11H,6,12-13H2,1-5H3,(H,21,26)(H,22,29)(H,23,27)/t20-/m0/s1. The lowest BCUT2D eigenvalue weighted by Crippen LogP contribution is -2.52. The first-order valence-electron chi connectivity index (χ1n) is 9.50. The number of carbonyl (C=O) groups is 4. The van der Waals surface area contributed by atoms with Crippen LogP contribution in [0.25, 0.3) is 0 Å². The van der Waals surface area contributed by atoms with Crippen LogP contribution in [0.15, 0.2) is 30.3 Å². The van der Waals surface area contributed by atoms with Crippen molar-refractivity contribution in [3.63, 3.8) is 0 Å². The average Bonchev–Trinajstić information content (AvgIpc) is 2.85. The number of hydrazine groups is 1. The number of rotatable bonds is 7. The molecule has 0 radical (unpaired) electrons. The summed E-state index contributed by atoms with van der Waals surface area (Å²) in [7, 11) is 1.61. The fourth-order valence-corrected chi connectivity index (χ4v) is 3.20. The molecule has 9 heteroatoms. The largest absolute Gasteiger partial charge is 0.350 e. The number of imide groups is 1. The lowest BCUT2D eigenvalue weighted by molar-refractivity contribution is -0.140. The Kier molecular flexibility index (Phi) is 6.63. The van der Waals surface area contributed by atoms with Crippen LogP contribution in [-0.4, -0.2) is 59.3 Å². The Morgan fingerprint density at radius 2 is 1.69 bits per heavy atom. The predicted octanol–water partition coefficient (Wildman–Crippen LogP) is 0.721. The van der Waals surface area contributed by atoms with Crippen LogP contribution in [0.4, 0.5) is 4.79 Å². The Labute approximate surface area is 170 Å². The Bertz CT molecular complexity index is 790. The van der Waals surface area contributed by atoms with E-state index >= 15 is 0 Å². The van der Waals surface area contributed by atoms with Gasteiger partial charge in [0.2, 0.25) is 5.91 Å². The van der Waals surface area contributed by atoms with Crippen LogP contribution in [0.1, 0.15) is 39.7 Å². The van der Waals surface area contributed by atoms with Gasteiger partial charge in [-0.05, 0) is 39.8 Å². The molecule has 1 saturated heterocycles. The van der Waals surface area contributed by atoms with E-state index in [0.717, 1.165) is 0 Å². The SMILES string of the molecule is CC[C@@]1(c2ccccc2)NC(=O)N(NC(=O)CN(C)CC(=O)NC(C)(C)C)C1=O. The highest BCUT2D eigenvalue weighted by Gasteiger charge is 2.52. The van der Waals surface area contributed by atoms with Crippen LogP contribution >= 0.6 is 0 Å². The molecular weight excluding hydrogens is 374 g/mol. The van der Waals surface area contributed by atoms with Crippen LogP contribution < -0.4 is 16.1 Å². The lowest BCUT2D eigenvalue weighted by Gasteiger charge is -2.26. The molecular formula is C20H29N5O4. The Balaban J connectivity index is 2.01. The normalized spacial score (nSPS) is 19.3. The fourth-order valence-electron chi connectivity index (χ4n) is 3.20. The maximum Gasteiger partial charge on any atom is 0.344 e. The number of hydrogen-bond donors (Lipinski definition) is 3. The molecule has 5 amide bonds. The van der Waals surface area contributed by atoms with E-state index in [2.05, 4.69) is 16.1 Å². The van der Waals surface area contributed by atoms with Gasteiger partial charge in [-0.3, -0.25) is 24.7 Å². The first-order valence-corrected chi connectivity index (χ1v) is 9.50. The molecule has 9 nitrogen and oxygen atoms in total. The number of carbonyl (C=O) groups excluding carboxylic acids is 4. The number of hydrogen-bond acceptors (Lipinski definition) is 5. The van der Waals surface area contributed by atoms with Gasteiger partial charge in [0.25, 0.3) is 11.8 Å². The van der Waals surface area contributed by atoms with Crippen molar-refractivity contribution in [3.8, 4) is 0 Å². The second kappa shape index (κ2) is 8.60. The van der Waals surface area contributed by atoms with Crippen molar-refractivity contribution in [1.29, 1.82) is 0 Å². The van der Waals surface area contributed by atoms with Crippen molar-refractivity contribution < 1.29 is 19.2 Å². The fraction of sp³-hybridized carbons (Fsp3) is 0.500. The zero-order valence-corrected chi connectivity index (χ0v) is 17.5. The molecule has 1 aromatic rings. The molecule has 1 fully saturated rings. The highest BCUT2D eigenvalue weighted by Crippen LogP contribution is 2.31. The van der Waals surface area contributed by atoms with Gasteiger partial charge in [-0.15, -0.1) is 0 Å². The predicted molar refractivity (Wildman–Crippen MR) is 107 cm³/mol. The molecule has 0 aliphatic carbocycles. The Morgan fingerprint density at radius 3 is 2.24 bits per heavy atom. The van der Waals surface area contributed by atoms with Gasteiger partial charge in [0.1, 0.15) is 5.54 Å². The Morgan fingerprint density at radius 1 is 1.10 bits per heavy atom.